The van der Waals surface area contributed by atoms with Crippen LogP contribution in [0.1, 0.15) is 33.6 Å². The van der Waals surface area contributed by atoms with Crippen LogP contribution in [0.15, 0.2) is 12.7 Å². The normalized spacial score (nSPS) is 16.2. The number of rotatable bonds is 15. The van der Waals surface area contributed by atoms with Crippen LogP contribution in [0.25, 0.3) is 0 Å². The van der Waals surface area contributed by atoms with Gasteiger partial charge in [0.1, 0.15) is 0 Å². The van der Waals surface area contributed by atoms with Crippen LogP contribution in [0.5, 0.6) is 0 Å². The van der Waals surface area contributed by atoms with E-state index in [1.807, 2.05) is 6.92 Å². The van der Waals surface area contributed by atoms with Gasteiger partial charge in [-0.25, -0.2) is 4.57 Å². The Morgan fingerprint density at radius 1 is 1.29 bits per heavy atom. The summed E-state index contributed by atoms with van der Waals surface area (Å²) in [6.45, 7) is 9.04. The molecule has 0 aliphatic carbocycles. The molecule has 0 saturated carbocycles. The van der Waals surface area contributed by atoms with Crippen LogP contribution >= 0.6 is 7.82 Å². The summed E-state index contributed by atoms with van der Waals surface area (Å²) in [5, 5.41) is 11.8. The molecule has 0 heterocycles. The molecule has 1 unspecified atom stereocenters. The van der Waals surface area contributed by atoms with Gasteiger partial charge in [0.25, 0.3) is 0 Å². The number of phosphoric ester groups is 1. The van der Waals surface area contributed by atoms with E-state index in [0.717, 1.165) is 0 Å². The van der Waals surface area contributed by atoms with Gasteiger partial charge in [0.05, 0.1) is 38.6 Å². The first-order chi connectivity index (χ1) is 11.3. The third-order valence-corrected chi connectivity index (χ3v) is 4.07. The van der Waals surface area contributed by atoms with Crippen molar-refractivity contribution in [3.63, 3.8) is 0 Å². The van der Waals surface area contributed by atoms with Gasteiger partial charge in [-0.2, -0.15) is 0 Å². The Hall–Kier alpha value is -0.760. The summed E-state index contributed by atoms with van der Waals surface area (Å²) in [6.07, 6.45) is 2.11. The molecule has 142 valence electrons. The van der Waals surface area contributed by atoms with Gasteiger partial charge < -0.3 is 15.2 Å². The molecule has 0 radical (unpaired) electrons. The second-order valence-electron chi connectivity index (χ2n) is 5.27. The quantitative estimate of drug-likeness (QED) is 0.259. The molecule has 0 bridgehead atoms. The highest BCUT2D eigenvalue weighted by Gasteiger charge is 2.28. The molecule has 0 spiro atoms. The lowest BCUT2D eigenvalue weighted by Gasteiger charge is -2.22. The van der Waals surface area contributed by atoms with E-state index in [9.17, 15) is 14.5 Å². The predicted octanol–water partition coefficient (Wildman–Crippen LogP) is 2.03. The van der Waals surface area contributed by atoms with Crippen molar-refractivity contribution in [1.29, 1.82) is 0 Å². The molecule has 0 aromatic rings. The first-order valence-corrected chi connectivity index (χ1v) is 9.46. The van der Waals surface area contributed by atoms with Crippen molar-refractivity contribution in [1.82, 2.24) is 5.32 Å². The lowest BCUT2D eigenvalue weighted by atomic mass is 10.3. The Morgan fingerprint density at radius 2 is 2.00 bits per heavy atom. The van der Waals surface area contributed by atoms with Crippen molar-refractivity contribution >= 4 is 13.7 Å². The third-order valence-electron chi connectivity index (χ3n) is 2.64. The van der Waals surface area contributed by atoms with Gasteiger partial charge in [0.15, 0.2) is 0 Å². The fraction of sp³-hybridized carbons (Fsp3) is 0.800. The largest absolute Gasteiger partial charge is 0.475 e. The molecule has 2 N–H and O–H groups in total. The number of phosphoric acid groups is 1. The minimum atomic E-state index is -3.72. The monoisotopic (exact) mass is 367 g/mol. The molecule has 24 heavy (non-hydrogen) atoms. The van der Waals surface area contributed by atoms with E-state index in [1.165, 1.54) is 13.0 Å². The number of carbonyl (C=O) groups excluding carboxylic acids is 1. The molecule has 0 aliphatic heterocycles. The third kappa shape index (κ3) is 12.6. The Kier molecular flexibility index (Phi) is 13.1. The summed E-state index contributed by atoms with van der Waals surface area (Å²) >= 11 is 0. The second-order valence-corrected chi connectivity index (χ2v) is 6.94. The van der Waals surface area contributed by atoms with Crippen LogP contribution in [0.2, 0.25) is 0 Å². The highest BCUT2D eigenvalue weighted by molar-refractivity contribution is 7.48. The van der Waals surface area contributed by atoms with E-state index in [2.05, 4.69) is 11.9 Å². The van der Waals surface area contributed by atoms with Crippen molar-refractivity contribution < 1.29 is 32.8 Å². The van der Waals surface area contributed by atoms with Crippen LogP contribution in [-0.4, -0.2) is 56.2 Å². The summed E-state index contributed by atoms with van der Waals surface area (Å²) in [4.78, 5) is 11.3. The summed E-state index contributed by atoms with van der Waals surface area (Å²) in [5.74, 6) is -0.265. The van der Waals surface area contributed by atoms with Gasteiger partial charge in [0.2, 0.25) is 5.91 Å². The lowest BCUT2D eigenvalue weighted by molar-refractivity contribution is -0.120. The Labute approximate surface area is 144 Å². The molecule has 9 heteroatoms. The van der Waals surface area contributed by atoms with E-state index < -0.39 is 20.0 Å². The topological polar surface area (TPSA) is 103 Å². The van der Waals surface area contributed by atoms with Crippen molar-refractivity contribution in [2.45, 2.75) is 45.8 Å². The van der Waals surface area contributed by atoms with Gasteiger partial charge in [-0.15, -0.1) is 6.58 Å². The van der Waals surface area contributed by atoms with Crippen molar-refractivity contribution in [3.05, 3.63) is 12.7 Å². The first-order valence-electron chi connectivity index (χ1n) is 8.00. The van der Waals surface area contributed by atoms with E-state index in [0.29, 0.717) is 19.4 Å². The summed E-state index contributed by atoms with van der Waals surface area (Å²) < 4.78 is 33.4. The number of aliphatic hydroxyl groups excluding tert-OH is 1. The average Bonchev–Trinajstić information content (AvgIpc) is 2.52. The first kappa shape index (κ1) is 23.2. The fourth-order valence-corrected chi connectivity index (χ4v) is 2.82. The highest BCUT2D eigenvalue weighted by atomic mass is 31.2. The maximum absolute atomic E-state index is 12.4. The molecule has 3 atom stereocenters. The zero-order chi connectivity index (χ0) is 18.4. The smallest absolute Gasteiger partial charge is 0.393 e. The van der Waals surface area contributed by atoms with Crippen molar-refractivity contribution in [3.8, 4) is 0 Å². The SMILES string of the molecule is C=CCOP(=O)(OCCC)OC[C@@H](COCC[C@@H](C)O)NC(C)=O. The van der Waals surface area contributed by atoms with Gasteiger partial charge in [0, 0.05) is 13.5 Å². The number of hydrogen-bond acceptors (Lipinski definition) is 7. The Balaban J connectivity index is 4.52. The molecule has 0 aromatic heterocycles. The van der Waals surface area contributed by atoms with Crippen LogP contribution in [0.4, 0.5) is 0 Å². The highest BCUT2D eigenvalue weighted by Crippen LogP contribution is 2.49. The van der Waals surface area contributed by atoms with E-state index in [-0.39, 0.29) is 32.3 Å². The number of carbonyl (C=O) groups is 1. The molecular weight excluding hydrogens is 337 g/mol. The maximum atomic E-state index is 12.4. The van der Waals surface area contributed by atoms with Crippen LogP contribution in [-0.2, 0) is 27.7 Å². The maximum Gasteiger partial charge on any atom is 0.475 e. The zero-order valence-corrected chi connectivity index (χ0v) is 15.6. The second kappa shape index (κ2) is 13.5. The standard InChI is InChI=1S/C15H30NO7P/c1-5-8-21-24(19,22-9-6-2)23-12-15(16-14(4)18)11-20-10-7-13(3)17/h5,13,15,17H,1,6-12H2,2-4H3,(H,16,18)/t13-,15-,24?/m1/s1. The Morgan fingerprint density at radius 3 is 2.54 bits per heavy atom. The number of hydrogen-bond donors (Lipinski definition) is 2. The summed E-state index contributed by atoms with van der Waals surface area (Å²) in [5.41, 5.74) is 0. The molecular formula is C15H30NO7P. The molecule has 8 nitrogen and oxygen atoms in total. The lowest BCUT2D eigenvalue weighted by Crippen LogP contribution is -2.40. The molecule has 0 rings (SSSR count). The predicted molar refractivity (Wildman–Crippen MR) is 90.7 cm³/mol. The minimum Gasteiger partial charge on any atom is -0.393 e. The van der Waals surface area contributed by atoms with E-state index in [1.54, 1.807) is 6.92 Å². The number of nitrogens with one attached hydrogen (secondary N) is 1. The number of amides is 1. The van der Waals surface area contributed by atoms with Crippen LogP contribution < -0.4 is 5.32 Å². The zero-order valence-electron chi connectivity index (χ0n) is 14.7. The van der Waals surface area contributed by atoms with Gasteiger partial charge in [-0.3, -0.25) is 18.4 Å². The molecule has 0 aromatic carbocycles. The molecule has 0 fully saturated rings. The average molecular weight is 367 g/mol. The molecule has 0 aliphatic rings. The van der Waals surface area contributed by atoms with E-state index in [4.69, 9.17) is 18.3 Å². The summed E-state index contributed by atoms with van der Waals surface area (Å²) in [6, 6.07) is -0.512. The Bertz CT molecular complexity index is 403. The van der Waals surface area contributed by atoms with Crippen molar-refractivity contribution in [2.75, 3.05) is 33.0 Å². The van der Waals surface area contributed by atoms with Gasteiger partial charge in [-0.05, 0) is 19.8 Å². The molecule has 1 amide bonds. The summed E-state index contributed by atoms with van der Waals surface area (Å²) in [7, 11) is -3.72. The fourth-order valence-electron chi connectivity index (χ4n) is 1.54. The number of aliphatic hydroxyl groups is 1. The molecule has 0 saturated heterocycles. The van der Waals surface area contributed by atoms with Crippen molar-refractivity contribution in [2.24, 2.45) is 0 Å². The van der Waals surface area contributed by atoms with E-state index >= 15 is 0 Å². The van der Waals surface area contributed by atoms with Crippen LogP contribution in [0.3, 0.4) is 0 Å². The van der Waals surface area contributed by atoms with Gasteiger partial charge in [-0.1, -0.05) is 13.0 Å². The van der Waals surface area contributed by atoms with Gasteiger partial charge >= 0.3 is 7.82 Å². The van der Waals surface area contributed by atoms with Crippen LogP contribution in [0, 0.1) is 0 Å². The number of ether oxygens (including phenoxy) is 1. The minimum absolute atomic E-state index is 0.0245.